The Morgan fingerprint density at radius 3 is 1.55 bits per heavy atom. The maximum atomic E-state index is 14.1. The molecule has 0 radical (unpaired) electrons. The van der Waals surface area contributed by atoms with Crippen LogP contribution in [0.4, 0.5) is 0 Å². The van der Waals surface area contributed by atoms with Gasteiger partial charge in [0.2, 0.25) is 35.4 Å². The lowest BCUT2D eigenvalue weighted by atomic mass is 10.1. The fraction of sp³-hybridized carbons (Fsp3) is 0.541. The SMILES string of the molecule is C[C@@H](O)[C@H](NC(=O)[C@H](Cc1cnc[nH]1)NC(=O)[C@H](Cc1cnc[nH]1)NC(=O)[C@H](CO)NC(=O)[C@H](CCCN=C(N)N)NC(=O)[C@@H](N)CCCCN)C(=O)N[C@@H](Cc1cnc[nH]1)C(=O)O. The van der Waals surface area contributed by atoms with Gasteiger partial charge in [-0.1, -0.05) is 6.42 Å². The second kappa shape index (κ2) is 26.5. The van der Waals surface area contributed by atoms with Gasteiger partial charge >= 0.3 is 5.97 Å². The molecule has 0 aliphatic carbocycles. The predicted octanol–water partition coefficient (Wildman–Crippen LogP) is -6.24. The molecule has 27 nitrogen and oxygen atoms in total. The number of aliphatic hydroxyl groups excluding tert-OH is 2. The molecule has 0 aliphatic heterocycles. The molecule has 0 spiro atoms. The largest absolute Gasteiger partial charge is 0.480 e. The lowest BCUT2D eigenvalue weighted by Crippen LogP contribution is -2.62. The van der Waals surface area contributed by atoms with Crippen LogP contribution in [0.3, 0.4) is 0 Å². The first-order valence-corrected chi connectivity index (χ1v) is 20.3. The van der Waals surface area contributed by atoms with Crippen LogP contribution in [0.5, 0.6) is 0 Å². The molecule has 0 fully saturated rings. The predicted molar refractivity (Wildman–Crippen MR) is 226 cm³/mol. The highest BCUT2D eigenvalue weighted by molar-refractivity contribution is 5.97. The van der Waals surface area contributed by atoms with E-state index in [2.05, 4.69) is 66.8 Å². The number of carbonyl (C=O) groups excluding carboxylic acids is 6. The molecular formula is C37H59N17O10. The number of hydrogen-bond acceptors (Lipinski definition) is 15. The fourth-order valence-corrected chi connectivity index (χ4v) is 6.09. The number of carbonyl (C=O) groups is 7. The van der Waals surface area contributed by atoms with E-state index in [0.29, 0.717) is 36.5 Å². The Kier molecular flexibility index (Phi) is 21.3. The summed E-state index contributed by atoms with van der Waals surface area (Å²) in [5.41, 5.74) is 23.4. The number of amides is 6. The quantitative estimate of drug-likeness (QED) is 0.0175. The Morgan fingerprint density at radius 2 is 1.09 bits per heavy atom. The average molecular weight is 902 g/mol. The molecule has 3 aromatic heterocycles. The molecule has 0 saturated heterocycles. The van der Waals surface area contributed by atoms with Crippen LogP contribution in [-0.2, 0) is 52.8 Å². The van der Waals surface area contributed by atoms with Gasteiger partial charge in [-0.3, -0.25) is 33.8 Å². The number of carboxylic acids is 1. The summed E-state index contributed by atoms with van der Waals surface area (Å²) >= 11 is 0. The molecule has 352 valence electrons. The minimum atomic E-state index is -1.71. The molecule has 0 unspecified atom stereocenters. The Hall–Kier alpha value is -6.97. The topological polar surface area (TPSA) is 455 Å². The molecule has 0 aliphatic rings. The summed E-state index contributed by atoms with van der Waals surface area (Å²) in [6, 6.07) is -10.1. The zero-order valence-corrected chi connectivity index (χ0v) is 35.2. The molecule has 0 bridgehead atoms. The van der Waals surface area contributed by atoms with Gasteiger partial charge in [0.25, 0.3) is 0 Å². The maximum absolute atomic E-state index is 14.1. The van der Waals surface area contributed by atoms with E-state index in [9.17, 15) is 48.9 Å². The average Bonchev–Trinajstić information content (AvgIpc) is 4.07. The highest BCUT2D eigenvalue weighted by atomic mass is 16.4. The zero-order valence-electron chi connectivity index (χ0n) is 35.2. The van der Waals surface area contributed by atoms with Crippen LogP contribution in [0.15, 0.2) is 42.6 Å². The van der Waals surface area contributed by atoms with Crippen LogP contribution in [0.25, 0.3) is 0 Å². The summed E-state index contributed by atoms with van der Waals surface area (Å²) in [6.07, 6.45) is 7.46. The number of guanidine groups is 1. The van der Waals surface area contributed by atoms with Gasteiger partial charge in [-0.2, -0.15) is 0 Å². The van der Waals surface area contributed by atoms with E-state index >= 15 is 0 Å². The first-order chi connectivity index (χ1) is 30.5. The molecule has 6 amide bonds. The number of nitrogens with two attached hydrogens (primary N) is 4. The number of imidazole rings is 3. The van der Waals surface area contributed by atoms with Crippen molar-refractivity contribution in [3.8, 4) is 0 Å². The van der Waals surface area contributed by atoms with E-state index in [1.165, 1.54) is 44.5 Å². The second-order valence-corrected chi connectivity index (χ2v) is 14.7. The van der Waals surface area contributed by atoms with E-state index in [1.807, 2.05) is 0 Å². The normalized spacial score (nSPS) is 14.8. The third-order valence-electron chi connectivity index (χ3n) is 9.58. The number of H-pyrrole nitrogens is 3. The molecule has 3 heterocycles. The van der Waals surface area contributed by atoms with Crippen molar-refractivity contribution in [2.45, 2.75) is 107 Å². The van der Waals surface area contributed by atoms with Crippen molar-refractivity contribution in [3.05, 3.63) is 54.7 Å². The van der Waals surface area contributed by atoms with Crippen molar-refractivity contribution in [3.63, 3.8) is 0 Å². The Morgan fingerprint density at radius 1 is 0.641 bits per heavy atom. The van der Waals surface area contributed by atoms with E-state index in [-0.39, 0.29) is 51.0 Å². The highest BCUT2D eigenvalue weighted by Crippen LogP contribution is 2.08. The number of aliphatic hydroxyl groups is 2. The number of nitrogens with zero attached hydrogens (tertiary/aromatic N) is 4. The molecule has 8 atom stereocenters. The lowest BCUT2D eigenvalue weighted by Gasteiger charge is -2.27. The molecule has 3 aromatic rings. The Bertz CT molecular complexity index is 1960. The van der Waals surface area contributed by atoms with E-state index in [4.69, 9.17) is 22.9 Å². The number of aromatic amines is 3. The van der Waals surface area contributed by atoms with Crippen LogP contribution in [0.1, 0.15) is 56.1 Å². The van der Waals surface area contributed by atoms with Gasteiger partial charge in [-0.05, 0) is 39.2 Å². The molecule has 3 rings (SSSR count). The minimum Gasteiger partial charge on any atom is -0.480 e. The number of hydrogen-bond donors (Lipinski definition) is 16. The third kappa shape index (κ3) is 17.4. The molecule has 0 saturated carbocycles. The monoisotopic (exact) mass is 901 g/mol. The van der Waals surface area contributed by atoms with Gasteiger partial charge in [0.15, 0.2) is 5.96 Å². The molecule has 64 heavy (non-hydrogen) atoms. The van der Waals surface area contributed by atoms with Gasteiger partial charge in [-0.15, -0.1) is 0 Å². The number of carboxylic acid groups (broad SMARTS) is 1. The first-order valence-electron chi connectivity index (χ1n) is 20.3. The summed E-state index contributed by atoms with van der Waals surface area (Å²) in [4.78, 5) is 117. The first kappa shape index (κ1) is 51.4. The van der Waals surface area contributed by atoms with Crippen LogP contribution in [0.2, 0.25) is 0 Å². The summed E-state index contributed by atoms with van der Waals surface area (Å²) in [5.74, 6) is -7.16. The minimum absolute atomic E-state index is 0.00280. The number of unbranched alkanes of at least 4 members (excludes halogenated alkanes) is 1. The molecule has 0 aromatic carbocycles. The number of aliphatic carboxylic acids is 1. The van der Waals surface area contributed by atoms with E-state index in [0.717, 1.165) is 0 Å². The Labute approximate surface area is 366 Å². The number of aliphatic imine (C=N–C) groups is 1. The Balaban J connectivity index is 1.82. The van der Waals surface area contributed by atoms with Gasteiger partial charge in [-0.25, -0.2) is 19.7 Å². The smallest absolute Gasteiger partial charge is 0.326 e. The van der Waals surface area contributed by atoms with E-state index in [1.54, 1.807) is 0 Å². The zero-order chi connectivity index (χ0) is 47.2. The molecular weight excluding hydrogens is 843 g/mol. The van der Waals surface area contributed by atoms with Crippen molar-refractivity contribution >= 4 is 47.4 Å². The van der Waals surface area contributed by atoms with Gasteiger partial charge in [0.05, 0.1) is 37.7 Å². The van der Waals surface area contributed by atoms with E-state index < -0.39 is 96.4 Å². The van der Waals surface area contributed by atoms with Crippen molar-refractivity contribution in [2.24, 2.45) is 27.9 Å². The fourth-order valence-electron chi connectivity index (χ4n) is 6.09. The van der Waals surface area contributed by atoms with Crippen LogP contribution in [-0.4, -0.2) is 161 Å². The number of rotatable bonds is 29. The van der Waals surface area contributed by atoms with Crippen molar-refractivity contribution in [1.29, 1.82) is 0 Å². The van der Waals surface area contributed by atoms with Gasteiger partial charge in [0.1, 0.15) is 36.3 Å². The van der Waals surface area contributed by atoms with Gasteiger partial charge < -0.3 is 85.1 Å². The summed E-state index contributed by atoms with van der Waals surface area (Å²) in [7, 11) is 0. The van der Waals surface area contributed by atoms with Crippen molar-refractivity contribution < 1.29 is 48.9 Å². The summed E-state index contributed by atoms with van der Waals surface area (Å²) in [5, 5.41) is 45.2. The molecule has 20 N–H and O–H groups in total. The summed E-state index contributed by atoms with van der Waals surface area (Å²) in [6.45, 7) is 0.731. The second-order valence-electron chi connectivity index (χ2n) is 14.7. The molecule has 27 heteroatoms. The standard InChI is InChI=1S/C37H59N17O10/c1-19(56)29(35(62)52-27(36(63)64)11-22-14-44-18-48-22)54-33(60)26(10-21-13-43-17-47-21)50-32(59)25(9-20-12-42-16-46-20)51-34(61)28(15-55)53-31(58)24(6-4-8-45-37(40)41)49-30(57)23(39)5-2-3-7-38/h12-14,16-19,23-29,55-56H,2-11,15,38-39H2,1H3,(H,42,46)(H,43,47)(H,44,48)(H,49,57)(H,50,59)(H,51,61)(H,52,62)(H,53,58)(H,54,60)(H,63,64)(H4,40,41,45)/t19-,23+,24+,25+,26+,27+,28+,29+/m1/s1. The van der Waals surface area contributed by atoms with Crippen LogP contribution < -0.4 is 54.8 Å². The lowest BCUT2D eigenvalue weighted by molar-refractivity contribution is -0.143. The van der Waals surface area contributed by atoms with Crippen molar-refractivity contribution in [2.75, 3.05) is 19.7 Å². The number of nitrogens with one attached hydrogen (secondary N) is 9. The van der Waals surface area contributed by atoms with Crippen molar-refractivity contribution in [1.82, 2.24) is 61.8 Å². The van der Waals surface area contributed by atoms with Crippen LogP contribution in [0, 0.1) is 0 Å². The number of aromatic nitrogens is 6. The highest BCUT2D eigenvalue weighted by Gasteiger charge is 2.35. The summed E-state index contributed by atoms with van der Waals surface area (Å²) < 4.78 is 0. The maximum Gasteiger partial charge on any atom is 0.326 e. The van der Waals surface area contributed by atoms with Crippen LogP contribution >= 0.6 is 0 Å². The third-order valence-corrected chi connectivity index (χ3v) is 9.58. The van der Waals surface area contributed by atoms with Gasteiger partial charge in [0, 0.05) is 61.5 Å².